The molecule has 0 unspecified atom stereocenters. The lowest BCUT2D eigenvalue weighted by Gasteiger charge is -2.15. The van der Waals surface area contributed by atoms with E-state index in [-0.39, 0.29) is 0 Å². The van der Waals surface area contributed by atoms with Gasteiger partial charge in [0.25, 0.3) is 0 Å². The molecule has 0 spiro atoms. The SMILES string of the molecule is C=CC[C](CCOc1ccc(C#Cc2ccc(-c3ccc(Cl)cc3)cn2)cc1C)C1CC1. The van der Waals surface area contributed by atoms with Crippen LogP contribution >= 0.6 is 11.6 Å². The molecular formula is C29H27ClNO. The van der Waals surface area contributed by atoms with Gasteiger partial charge in [-0.05, 0) is 97.9 Å². The zero-order valence-electron chi connectivity index (χ0n) is 18.4. The van der Waals surface area contributed by atoms with E-state index in [0.29, 0.717) is 0 Å². The standard InChI is InChI=1S/C29H27ClNO/c1-3-4-23(24-7-8-24)17-18-32-29-16-6-22(19-21(29)2)5-14-28-15-11-26(20-31-28)25-9-12-27(30)13-10-25/h3,6,9-13,15-16,19-20,24H,1,4,7-8,17-18H2,2H3. The fourth-order valence-electron chi connectivity index (χ4n) is 3.75. The highest BCUT2D eigenvalue weighted by atomic mass is 35.5. The molecule has 1 heterocycles. The van der Waals surface area contributed by atoms with Gasteiger partial charge in [0, 0.05) is 22.3 Å². The quantitative estimate of drug-likeness (QED) is 0.268. The zero-order valence-corrected chi connectivity index (χ0v) is 19.2. The number of ether oxygens (including phenoxy) is 1. The van der Waals surface area contributed by atoms with E-state index >= 15 is 0 Å². The summed E-state index contributed by atoms with van der Waals surface area (Å²) >= 11 is 5.96. The van der Waals surface area contributed by atoms with Crippen LogP contribution in [0.25, 0.3) is 11.1 Å². The smallest absolute Gasteiger partial charge is 0.122 e. The lowest BCUT2D eigenvalue weighted by atomic mass is 9.96. The molecule has 0 bridgehead atoms. The predicted octanol–water partition coefficient (Wildman–Crippen LogP) is 7.44. The van der Waals surface area contributed by atoms with Gasteiger partial charge >= 0.3 is 0 Å². The van der Waals surface area contributed by atoms with Crippen LogP contribution in [0.5, 0.6) is 5.75 Å². The van der Waals surface area contributed by atoms with E-state index in [1.807, 2.05) is 60.8 Å². The fraction of sp³-hybridized carbons (Fsp3) is 0.241. The highest BCUT2D eigenvalue weighted by Gasteiger charge is 2.30. The minimum atomic E-state index is 0.718. The maximum Gasteiger partial charge on any atom is 0.122 e. The second-order valence-electron chi connectivity index (χ2n) is 8.19. The number of hydrogen-bond acceptors (Lipinski definition) is 2. The van der Waals surface area contributed by atoms with Gasteiger partial charge in [0.2, 0.25) is 0 Å². The molecular weight excluding hydrogens is 414 g/mol. The molecule has 161 valence electrons. The van der Waals surface area contributed by atoms with Crippen LogP contribution in [0.4, 0.5) is 0 Å². The third-order valence-corrected chi connectivity index (χ3v) is 5.94. The van der Waals surface area contributed by atoms with Crippen LogP contribution in [0, 0.1) is 30.6 Å². The van der Waals surface area contributed by atoms with Crippen LogP contribution < -0.4 is 4.74 Å². The van der Waals surface area contributed by atoms with Crippen molar-refractivity contribution in [2.24, 2.45) is 5.92 Å². The average molecular weight is 441 g/mol. The highest BCUT2D eigenvalue weighted by molar-refractivity contribution is 6.30. The van der Waals surface area contributed by atoms with Gasteiger partial charge in [-0.1, -0.05) is 41.8 Å². The Labute approximate surface area is 196 Å². The number of halogens is 1. The van der Waals surface area contributed by atoms with Gasteiger partial charge in [-0.15, -0.1) is 6.58 Å². The van der Waals surface area contributed by atoms with Crippen molar-refractivity contribution in [3.63, 3.8) is 0 Å². The van der Waals surface area contributed by atoms with Crippen molar-refractivity contribution in [1.82, 2.24) is 4.98 Å². The molecule has 0 N–H and O–H groups in total. The summed E-state index contributed by atoms with van der Waals surface area (Å²) in [7, 11) is 0. The second kappa shape index (κ2) is 10.5. The van der Waals surface area contributed by atoms with E-state index in [2.05, 4.69) is 36.4 Å². The lowest BCUT2D eigenvalue weighted by molar-refractivity contribution is 0.307. The third-order valence-electron chi connectivity index (χ3n) is 5.69. The first-order valence-electron chi connectivity index (χ1n) is 11.1. The number of aryl methyl sites for hydroxylation is 1. The largest absolute Gasteiger partial charge is 0.493 e. The first-order chi connectivity index (χ1) is 15.6. The molecule has 0 atom stereocenters. The van der Waals surface area contributed by atoms with Gasteiger partial charge in [0.1, 0.15) is 11.4 Å². The molecule has 1 radical (unpaired) electrons. The van der Waals surface area contributed by atoms with E-state index in [0.717, 1.165) is 64.1 Å². The van der Waals surface area contributed by atoms with E-state index in [1.54, 1.807) is 5.92 Å². The molecule has 2 aromatic carbocycles. The molecule has 0 saturated heterocycles. The van der Waals surface area contributed by atoms with Crippen molar-refractivity contribution in [3.8, 4) is 28.7 Å². The molecule has 3 heteroatoms. The van der Waals surface area contributed by atoms with Crippen LogP contribution in [0.15, 0.2) is 73.4 Å². The Kier molecular flexibility index (Phi) is 7.30. The second-order valence-corrected chi connectivity index (χ2v) is 8.63. The van der Waals surface area contributed by atoms with Crippen molar-refractivity contribution in [3.05, 3.63) is 101 Å². The maximum atomic E-state index is 6.05. The van der Waals surface area contributed by atoms with Crippen LogP contribution in [0.1, 0.15) is 42.5 Å². The van der Waals surface area contributed by atoms with Gasteiger partial charge in [0.05, 0.1) is 6.61 Å². The number of nitrogens with zero attached hydrogens (tertiary/aromatic N) is 1. The van der Waals surface area contributed by atoms with Crippen LogP contribution in [0.3, 0.4) is 0 Å². The van der Waals surface area contributed by atoms with Crippen molar-refractivity contribution in [2.45, 2.75) is 32.6 Å². The van der Waals surface area contributed by atoms with Gasteiger partial charge in [0.15, 0.2) is 0 Å². The molecule has 1 saturated carbocycles. The first-order valence-corrected chi connectivity index (χ1v) is 11.4. The average Bonchev–Trinajstić information content (AvgIpc) is 3.65. The van der Waals surface area contributed by atoms with Crippen molar-refractivity contribution in [1.29, 1.82) is 0 Å². The number of allylic oxidation sites excluding steroid dienone is 1. The number of hydrogen-bond donors (Lipinski definition) is 0. The van der Waals surface area contributed by atoms with Crippen molar-refractivity contribution < 1.29 is 4.74 Å². The molecule has 1 fully saturated rings. The monoisotopic (exact) mass is 440 g/mol. The Morgan fingerprint density at radius 1 is 1.09 bits per heavy atom. The summed E-state index contributed by atoms with van der Waals surface area (Å²) in [5.74, 6) is 9.66. The maximum absolute atomic E-state index is 6.05. The molecule has 0 aliphatic heterocycles. The number of aromatic nitrogens is 1. The predicted molar refractivity (Wildman–Crippen MR) is 133 cm³/mol. The van der Waals surface area contributed by atoms with E-state index in [4.69, 9.17) is 16.3 Å². The molecule has 0 amide bonds. The van der Waals surface area contributed by atoms with E-state index < -0.39 is 0 Å². The van der Waals surface area contributed by atoms with Crippen molar-refractivity contribution >= 4 is 11.6 Å². The Balaban J connectivity index is 1.35. The summed E-state index contributed by atoms with van der Waals surface area (Å²) in [5, 5.41) is 0.727. The molecule has 4 rings (SSSR count). The molecule has 32 heavy (non-hydrogen) atoms. The summed E-state index contributed by atoms with van der Waals surface area (Å²) in [5.41, 5.74) is 4.92. The number of benzene rings is 2. The van der Waals surface area contributed by atoms with E-state index in [9.17, 15) is 0 Å². The third kappa shape index (κ3) is 6.02. The van der Waals surface area contributed by atoms with Gasteiger partial charge in [-0.3, -0.25) is 0 Å². The molecule has 2 nitrogen and oxygen atoms in total. The summed E-state index contributed by atoms with van der Waals surface area (Å²) < 4.78 is 6.05. The summed E-state index contributed by atoms with van der Waals surface area (Å²) in [6.45, 7) is 6.66. The minimum absolute atomic E-state index is 0.718. The van der Waals surface area contributed by atoms with E-state index in [1.165, 1.54) is 12.8 Å². The highest BCUT2D eigenvalue weighted by Crippen LogP contribution is 2.42. The summed E-state index contributed by atoms with van der Waals surface area (Å²) in [6.07, 6.45) is 8.52. The Hall–Kier alpha value is -3.02. The topological polar surface area (TPSA) is 22.1 Å². The summed E-state index contributed by atoms with van der Waals surface area (Å²) in [6, 6.07) is 17.8. The lowest BCUT2D eigenvalue weighted by Crippen LogP contribution is -2.07. The van der Waals surface area contributed by atoms with Gasteiger partial charge in [-0.2, -0.15) is 0 Å². The first kappa shape index (κ1) is 22.2. The van der Waals surface area contributed by atoms with Gasteiger partial charge < -0.3 is 4.74 Å². The zero-order chi connectivity index (χ0) is 22.3. The van der Waals surface area contributed by atoms with Gasteiger partial charge in [-0.25, -0.2) is 4.98 Å². The number of pyridine rings is 1. The fourth-order valence-corrected chi connectivity index (χ4v) is 3.87. The summed E-state index contributed by atoms with van der Waals surface area (Å²) in [4.78, 5) is 4.48. The molecule has 1 aromatic heterocycles. The normalized spacial score (nSPS) is 12.8. The van der Waals surface area contributed by atoms with Crippen LogP contribution in [-0.4, -0.2) is 11.6 Å². The molecule has 1 aliphatic rings. The Bertz CT molecular complexity index is 1120. The minimum Gasteiger partial charge on any atom is -0.493 e. The Morgan fingerprint density at radius 3 is 2.53 bits per heavy atom. The van der Waals surface area contributed by atoms with Crippen LogP contribution in [0.2, 0.25) is 5.02 Å². The van der Waals surface area contributed by atoms with Crippen molar-refractivity contribution in [2.75, 3.05) is 6.61 Å². The number of rotatable bonds is 8. The molecule has 3 aromatic rings. The Morgan fingerprint density at radius 2 is 1.88 bits per heavy atom. The van der Waals surface area contributed by atoms with Crippen LogP contribution in [-0.2, 0) is 0 Å². The molecule has 1 aliphatic carbocycles.